The number of hydrogen-bond acceptors (Lipinski definition) is 3. The lowest BCUT2D eigenvalue weighted by Gasteiger charge is -2.23. The predicted molar refractivity (Wildman–Crippen MR) is 60.0 cm³/mol. The van der Waals surface area contributed by atoms with Crippen LogP contribution in [0.25, 0.3) is 0 Å². The molecule has 5 heteroatoms. The summed E-state index contributed by atoms with van der Waals surface area (Å²) in [5, 5.41) is 17.6. The van der Waals surface area contributed by atoms with E-state index in [0.29, 0.717) is 6.42 Å². The SMILES string of the molecule is CCCCC(=O)N(CCO)CC(C)C(=O)O. The molecule has 0 heterocycles. The molecule has 2 N–H and O–H groups in total. The number of aliphatic hydroxyl groups is 1. The van der Waals surface area contributed by atoms with Crippen molar-refractivity contribution >= 4 is 11.9 Å². The average Bonchev–Trinajstić information content (AvgIpc) is 2.24. The predicted octanol–water partition coefficient (Wildman–Crippen LogP) is 0.718. The maximum absolute atomic E-state index is 11.7. The Bertz CT molecular complexity index is 230. The topological polar surface area (TPSA) is 77.8 Å². The van der Waals surface area contributed by atoms with Gasteiger partial charge in [0.15, 0.2) is 0 Å². The first kappa shape index (κ1) is 14.9. The second-order valence-corrected chi connectivity index (χ2v) is 3.91. The lowest BCUT2D eigenvalue weighted by Crippen LogP contribution is -2.38. The van der Waals surface area contributed by atoms with Crippen LogP contribution in [-0.2, 0) is 9.59 Å². The first-order valence-electron chi connectivity index (χ1n) is 5.64. The van der Waals surface area contributed by atoms with Crippen molar-refractivity contribution in [2.75, 3.05) is 19.7 Å². The maximum Gasteiger partial charge on any atom is 0.308 e. The van der Waals surface area contributed by atoms with E-state index < -0.39 is 11.9 Å². The third kappa shape index (κ3) is 5.70. The van der Waals surface area contributed by atoms with Gasteiger partial charge in [0, 0.05) is 19.5 Å². The molecule has 0 rings (SSSR count). The molecule has 1 amide bonds. The monoisotopic (exact) mass is 231 g/mol. The Morgan fingerprint density at radius 3 is 2.44 bits per heavy atom. The van der Waals surface area contributed by atoms with Crippen molar-refractivity contribution in [3.05, 3.63) is 0 Å². The van der Waals surface area contributed by atoms with Crippen molar-refractivity contribution in [1.29, 1.82) is 0 Å². The minimum atomic E-state index is -0.925. The Kier molecular flexibility index (Phi) is 7.54. The number of amides is 1. The molecule has 0 aromatic heterocycles. The quantitative estimate of drug-likeness (QED) is 0.645. The van der Waals surface area contributed by atoms with Crippen LogP contribution in [0.3, 0.4) is 0 Å². The zero-order valence-electron chi connectivity index (χ0n) is 9.98. The molecule has 0 aromatic rings. The molecule has 0 saturated heterocycles. The van der Waals surface area contributed by atoms with Crippen LogP contribution in [0, 0.1) is 5.92 Å². The van der Waals surface area contributed by atoms with Crippen LogP contribution in [0.4, 0.5) is 0 Å². The van der Waals surface area contributed by atoms with Gasteiger partial charge in [0.2, 0.25) is 5.91 Å². The molecule has 5 nitrogen and oxygen atoms in total. The third-order valence-corrected chi connectivity index (χ3v) is 2.38. The Hall–Kier alpha value is -1.10. The van der Waals surface area contributed by atoms with E-state index in [1.807, 2.05) is 6.92 Å². The zero-order valence-corrected chi connectivity index (χ0v) is 9.98. The fraction of sp³-hybridized carbons (Fsp3) is 0.818. The van der Waals surface area contributed by atoms with Crippen LogP contribution in [0.2, 0.25) is 0 Å². The highest BCUT2D eigenvalue weighted by atomic mass is 16.4. The second kappa shape index (κ2) is 8.10. The van der Waals surface area contributed by atoms with Gasteiger partial charge in [-0.15, -0.1) is 0 Å². The maximum atomic E-state index is 11.7. The Morgan fingerprint density at radius 1 is 1.38 bits per heavy atom. The van der Waals surface area contributed by atoms with Gasteiger partial charge in [-0.25, -0.2) is 0 Å². The normalized spacial score (nSPS) is 12.2. The molecule has 0 fully saturated rings. The van der Waals surface area contributed by atoms with Crippen LogP contribution >= 0.6 is 0 Å². The number of hydrogen-bond donors (Lipinski definition) is 2. The van der Waals surface area contributed by atoms with Crippen LogP contribution in [0.5, 0.6) is 0 Å². The van der Waals surface area contributed by atoms with Crippen molar-refractivity contribution in [2.45, 2.75) is 33.1 Å². The molecule has 1 unspecified atom stereocenters. The van der Waals surface area contributed by atoms with Crippen molar-refractivity contribution in [3.8, 4) is 0 Å². The van der Waals surface area contributed by atoms with Gasteiger partial charge in [-0.1, -0.05) is 20.3 Å². The van der Waals surface area contributed by atoms with Gasteiger partial charge in [-0.05, 0) is 6.42 Å². The van der Waals surface area contributed by atoms with E-state index in [1.165, 1.54) is 4.90 Å². The molecule has 0 aromatic carbocycles. The van der Waals surface area contributed by atoms with Gasteiger partial charge >= 0.3 is 5.97 Å². The van der Waals surface area contributed by atoms with E-state index in [-0.39, 0.29) is 25.6 Å². The van der Waals surface area contributed by atoms with Gasteiger partial charge in [-0.2, -0.15) is 0 Å². The molecular formula is C11H21NO4. The number of carboxylic acid groups (broad SMARTS) is 1. The fourth-order valence-corrected chi connectivity index (χ4v) is 1.33. The largest absolute Gasteiger partial charge is 0.481 e. The zero-order chi connectivity index (χ0) is 12.6. The number of carboxylic acids is 1. The smallest absolute Gasteiger partial charge is 0.308 e. The lowest BCUT2D eigenvalue weighted by molar-refractivity contribution is -0.143. The van der Waals surface area contributed by atoms with E-state index in [4.69, 9.17) is 10.2 Å². The summed E-state index contributed by atoms with van der Waals surface area (Å²) < 4.78 is 0. The highest BCUT2D eigenvalue weighted by Crippen LogP contribution is 2.05. The van der Waals surface area contributed by atoms with Crippen LogP contribution in [0.1, 0.15) is 33.1 Å². The van der Waals surface area contributed by atoms with E-state index in [1.54, 1.807) is 6.92 Å². The van der Waals surface area contributed by atoms with Crippen LogP contribution in [0.15, 0.2) is 0 Å². The number of aliphatic hydroxyl groups excluding tert-OH is 1. The van der Waals surface area contributed by atoms with Gasteiger partial charge in [-0.3, -0.25) is 9.59 Å². The summed E-state index contributed by atoms with van der Waals surface area (Å²) in [4.78, 5) is 23.8. The molecular weight excluding hydrogens is 210 g/mol. The molecule has 0 aliphatic heterocycles. The number of aliphatic carboxylic acids is 1. The van der Waals surface area contributed by atoms with Gasteiger partial charge in [0.1, 0.15) is 0 Å². The number of unbranched alkanes of at least 4 members (excludes halogenated alkanes) is 1. The Morgan fingerprint density at radius 2 is 2.00 bits per heavy atom. The van der Waals surface area contributed by atoms with E-state index in [0.717, 1.165) is 12.8 Å². The Balaban J connectivity index is 4.24. The number of carbonyl (C=O) groups excluding carboxylic acids is 1. The van der Waals surface area contributed by atoms with Crippen molar-refractivity contribution in [1.82, 2.24) is 4.90 Å². The summed E-state index contributed by atoms with van der Waals surface area (Å²) in [6.07, 6.45) is 2.14. The highest BCUT2D eigenvalue weighted by molar-refractivity contribution is 5.77. The summed E-state index contributed by atoms with van der Waals surface area (Å²) in [7, 11) is 0. The lowest BCUT2D eigenvalue weighted by atomic mass is 10.1. The first-order valence-corrected chi connectivity index (χ1v) is 5.64. The summed E-state index contributed by atoms with van der Waals surface area (Å²) >= 11 is 0. The Labute approximate surface area is 96.1 Å². The second-order valence-electron chi connectivity index (χ2n) is 3.91. The average molecular weight is 231 g/mol. The van der Waals surface area contributed by atoms with Crippen molar-refractivity contribution in [3.63, 3.8) is 0 Å². The minimum Gasteiger partial charge on any atom is -0.481 e. The van der Waals surface area contributed by atoms with Crippen LogP contribution in [-0.4, -0.2) is 46.7 Å². The third-order valence-electron chi connectivity index (χ3n) is 2.38. The molecule has 16 heavy (non-hydrogen) atoms. The van der Waals surface area contributed by atoms with Crippen molar-refractivity contribution in [2.24, 2.45) is 5.92 Å². The molecule has 0 saturated carbocycles. The molecule has 0 radical (unpaired) electrons. The fourth-order valence-electron chi connectivity index (χ4n) is 1.33. The van der Waals surface area contributed by atoms with E-state index >= 15 is 0 Å². The number of nitrogens with zero attached hydrogens (tertiary/aromatic N) is 1. The molecule has 0 spiro atoms. The molecule has 0 aliphatic carbocycles. The standard InChI is InChI=1S/C11H21NO4/c1-3-4-5-10(14)12(6-7-13)8-9(2)11(15)16/h9,13H,3-8H2,1-2H3,(H,15,16). The number of carbonyl (C=O) groups is 2. The molecule has 0 bridgehead atoms. The van der Waals surface area contributed by atoms with Gasteiger partial charge < -0.3 is 15.1 Å². The first-order chi connectivity index (χ1) is 7.52. The highest BCUT2D eigenvalue weighted by Gasteiger charge is 2.19. The van der Waals surface area contributed by atoms with Gasteiger partial charge in [0.25, 0.3) is 0 Å². The summed E-state index contributed by atoms with van der Waals surface area (Å²) in [5.74, 6) is -1.60. The molecule has 0 aliphatic rings. The summed E-state index contributed by atoms with van der Waals surface area (Å²) in [6.45, 7) is 3.78. The molecule has 1 atom stereocenters. The molecule has 94 valence electrons. The van der Waals surface area contributed by atoms with Crippen molar-refractivity contribution < 1.29 is 19.8 Å². The minimum absolute atomic E-state index is 0.0796. The summed E-state index contributed by atoms with van der Waals surface area (Å²) in [6, 6.07) is 0. The van der Waals surface area contributed by atoms with Gasteiger partial charge in [0.05, 0.1) is 12.5 Å². The van der Waals surface area contributed by atoms with E-state index in [9.17, 15) is 9.59 Å². The summed E-state index contributed by atoms with van der Waals surface area (Å²) in [5.41, 5.74) is 0. The van der Waals surface area contributed by atoms with E-state index in [2.05, 4.69) is 0 Å². The van der Waals surface area contributed by atoms with Crippen LogP contribution < -0.4 is 0 Å². The number of rotatable bonds is 8.